The zero-order chi connectivity index (χ0) is 16.0. The van der Waals surface area contributed by atoms with Gasteiger partial charge in [-0.3, -0.25) is 0 Å². The lowest BCUT2D eigenvalue weighted by Crippen LogP contribution is -2.11. The molecule has 1 nitrogen and oxygen atoms in total. The summed E-state index contributed by atoms with van der Waals surface area (Å²) in [5.41, 5.74) is 3.65. The molecule has 0 fully saturated rings. The maximum Gasteiger partial charge on any atom is 0.0793 e. The molecule has 1 unspecified atom stereocenters. The Morgan fingerprint density at radius 1 is 0.955 bits per heavy atom. The van der Waals surface area contributed by atoms with Crippen molar-refractivity contribution in [2.45, 2.75) is 45.1 Å². The van der Waals surface area contributed by atoms with E-state index in [-0.39, 0.29) is 5.41 Å². The van der Waals surface area contributed by atoms with E-state index in [0.717, 1.165) is 18.4 Å². The highest BCUT2D eigenvalue weighted by molar-refractivity contribution is 5.48. The Kier molecular flexibility index (Phi) is 5.57. The molecule has 2 rings (SSSR count). The molecule has 2 aromatic carbocycles. The summed E-state index contributed by atoms with van der Waals surface area (Å²) in [5, 5.41) is 10.3. The topological polar surface area (TPSA) is 20.2 Å². The highest BCUT2D eigenvalue weighted by Gasteiger charge is 2.14. The van der Waals surface area contributed by atoms with Crippen molar-refractivity contribution in [2.24, 2.45) is 0 Å². The van der Waals surface area contributed by atoms with E-state index in [9.17, 15) is 5.11 Å². The maximum absolute atomic E-state index is 10.3. The minimum Gasteiger partial charge on any atom is -0.388 e. The van der Waals surface area contributed by atoms with Gasteiger partial charge in [0.25, 0.3) is 0 Å². The molecule has 0 aliphatic rings. The van der Waals surface area contributed by atoms with E-state index in [2.05, 4.69) is 57.2 Å². The van der Waals surface area contributed by atoms with Crippen LogP contribution in [0.15, 0.2) is 60.7 Å². The van der Waals surface area contributed by atoms with Gasteiger partial charge >= 0.3 is 0 Å². The molecule has 0 aromatic heterocycles. The smallest absolute Gasteiger partial charge is 0.0793 e. The average Bonchev–Trinajstić information content (AvgIpc) is 2.52. The standard InChI is InChI=1S/C21H26O/c1-21(2,3)19-15-13-18(14-16-19)20(22)12-8-7-11-17-9-5-4-6-10-17/h4-7,9-11,13-16,20,22H,8,12H2,1-3H3/b11-7+. The minimum atomic E-state index is -0.394. The molecule has 0 aliphatic heterocycles. The van der Waals surface area contributed by atoms with Gasteiger partial charge < -0.3 is 5.11 Å². The second-order valence-corrected chi connectivity index (χ2v) is 6.78. The molecule has 0 saturated carbocycles. The van der Waals surface area contributed by atoms with Crippen LogP contribution < -0.4 is 0 Å². The minimum absolute atomic E-state index is 0.155. The van der Waals surface area contributed by atoms with E-state index in [1.807, 2.05) is 30.3 Å². The molecular weight excluding hydrogens is 268 g/mol. The molecule has 116 valence electrons. The second-order valence-electron chi connectivity index (χ2n) is 6.78. The van der Waals surface area contributed by atoms with Crippen LogP contribution in [0.25, 0.3) is 6.08 Å². The number of hydrogen-bond donors (Lipinski definition) is 1. The summed E-state index contributed by atoms with van der Waals surface area (Å²) in [5.74, 6) is 0. The van der Waals surface area contributed by atoms with Crippen LogP contribution >= 0.6 is 0 Å². The van der Waals surface area contributed by atoms with Gasteiger partial charge in [0.2, 0.25) is 0 Å². The SMILES string of the molecule is CC(C)(C)c1ccc(C(O)CC/C=C/c2ccccc2)cc1. The normalized spacial score (nSPS) is 13.5. The van der Waals surface area contributed by atoms with Crippen LogP contribution in [0.4, 0.5) is 0 Å². The Balaban J connectivity index is 1.87. The molecule has 0 bridgehead atoms. The quantitative estimate of drug-likeness (QED) is 0.770. The molecule has 0 spiro atoms. The molecular formula is C21H26O. The van der Waals surface area contributed by atoms with Crippen molar-refractivity contribution in [3.63, 3.8) is 0 Å². The maximum atomic E-state index is 10.3. The van der Waals surface area contributed by atoms with Gasteiger partial charge in [0.1, 0.15) is 0 Å². The fourth-order valence-electron chi connectivity index (χ4n) is 2.41. The molecule has 1 heteroatoms. The Morgan fingerprint density at radius 2 is 1.59 bits per heavy atom. The Bertz CT molecular complexity index is 588. The van der Waals surface area contributed by atoms with Crippen LogP contribution in [-0.4, -0.2) is 5.11 Å². The number of hydrogen-bond acceptors (Lipinski definition) is 1. The van der Waals surface area contributed by atoms with Crippen molar-refractivity contribution in [3.05, 3.63) is 77.4 Å². The van der Waals surface area contributed by atoms with E-state index >= 15 is 0 Å². The van der Waals surface area contributed by atoms with E-state index < -0.39 is 6.10 Å². The van der Waals surface area contributed by atoms with Gasteiger partial charge in [-0.25, -0.2) is 0 Å². The summed E-state index contributed by atoms with van der Waals surface area (Å²) in [6, 6.07) is 18.6. The monoisotopic (exact) mass is 294 g/mol. The zero-order valence-corrected chi connectivity index (χ0v) is 13.8. The highest BCUT2D eigenvalue weighted by Crippen LogP contribution is 2.25. The van der Waals surface area contributed by atoms with Crippen LogP contribution in [0.1, 0.15) is 56.4 Å². The molecule has 22 heavy (non-hydrogen) atoms. The van der Waals surface area contributed by atoms with Gasteiger partial charge in [0.05, 0.1) is 6.10 Å². The van der Waals surface area contributed by atoms with Gasteiger partial charge in [-0.15, -0.1) is 0 Å². The lowest BCUT2D eigenvalue weighted by molar-refractivity contribution is 0.169. The molecule has 0 heterocycles. The van der Waals surface area contributed by atoms with Crippen molar-refractivity contribution in [3.8, 4) is 0 Å². The fourth-order valence-corrected chi connectivity index (χ4v) is 2.41. The Morgan fingerprint density at radius 3 is 2.18 bits per heavy atom. The summed E-state index contributed by atoms with van der Waals surface area (Å²) < 4.78 is 0. The Labute approximate surface area is 134 Å². The van der Waals surface area contributed by atoms with Crippen molar-refractivity contribution >= 4 is 6.08 Å². The van der Waals surface area contributed by atoms with Crippen LogP contribution in [-0.2, 0) is 5.41 Å². The number of allylic oxidation sites excluding steroid dienone is 1. The summed E-state index contributed by atoms with van der Waals surface area (Å²) in [6.07, 6.45) is 5.46. The van der Waals surface area contributed by atoms with Gasteiger partial charge in [-0.05, 0) is 34.9 Å². The fraction of sp³-hybridized carbons (Fsp3) is 0.333. The van der Waals surface area contributed by atoms with Crippen molar-refractivity contribution in [1.29, 1.82) is 0 Å². The van der Waals surface area contributed by atoms with Crippen molar-refractivity contribution < 1.29 is 5.11 Å². The largest absolute Gasteiger partial charge is 0.388 e. The number of aliphatic hydroxyl groups excluding tert-OH is 1. The first-order valence-electron chi connectivity index (χ1n) is 7.97. The van der Waals surface area contributed by atoms with Gasteiger partial charge in [-0.1, -0.05) is 87.5 Å². The van der Waals surface area contributed by atoms with Crippen LogP contribution in [0, 0.1) is 0 Å². The molecule has 0 amide bonds. The summed E-state index contributed by atoms with van der Waals surface area (Å²) >= 11 is 0. The number of aliphatic hydroxyl groups is 1. The number of benzene rings is 2. The Hall–Kier alpha value is -1.86. The van der Waals surface area contributed by atoms with Crippen LogP contribution in [0.2, 0.25) is 0 Å². The third-order valence-corrected chi connectivity index (χ3v) is 3.88. The van der Waals surface area contributed by atoms with Crippen molar-refractivity contribution in [1.82, 2.24) is 0 Å². The molecule has 1 N–H and O–H groups in total. The third kappa shape index (κ3) is 4.85. The lowest BCUT2D eigenvalue weighted by Gasteiger charge is -2.20. The molecule has 0 radical (unpaired) electrons. The highest BCUT2D eigenvalue weighted by atomic mass is 16.3. The summed E-state index contributed by atoms with van der Waals surface area (Å²) in [7, 11) is 0. The van der Waals surface area contributed by atoms with Crippen LogP contribution in [0.3, 0.4) is 0 Å². The first-order valence-corrected chi connectivity index (χ1v) is 7.97. The molecule has 0 saturated heterocycles. The van der Waals surface area contributed by atoms with Gasteiger partial charge in [-0.2, -0.15) is 0 Å². The van der Waals surface area contributed by atoms with Gasteiger partial charge in [0.15, 0.2) is 0 Å². The van der Waals surface area contributed by atoms with E-state index in [1.54, 1.807) is 0 Å². The van der Waals surface area contributed by atoms with E-state index in [4.69, 9.17) is 0 Å². The first-order chi connectivity index (χ1) is 10.5. The second kappa shape index (κ2) is 7.42. The summed E-state index contributed by atoms with van der Waals surface area (Å²) in [4.78, 5) is 0. The number of rotatable bonds is 5. The lowest BCUT2D eigenvalue weighted by atomic mass is 9.86. The molecule has 1 atom stereocenters. The van der Waals surface area contributed by atoms with Crippen LogP contribution in [0.5, 0.6) is 0 Å². The predicted molar refractivity (Wildman–Crippen MR) is 94.8 cm³/mol. The molecule has 2 aromatic rings. The first kappa shape index (κ1) is 16.5. The average molecular weight is 294 g/mol. The molecule has 0 aliphatic carbocycles. The van der Waals surface area contributed by atoms with E-state index in [1.165, 1.54) is 11.1 Å². The summed E-state index contributed by atoms with van der Waals surface area (Å²) in [6.45, 7) is 6.60. The van der Waals surface area contributed by atoms with E-state index in [0.29, 0.717) is 0 Å². The third-order valence-electron chi connectivity index (χ3n) is 3.88. The predicted octanol–water partition coefficient (Wildman–Crippen LogP) is 5.51. The van der Waals surface area contributed by atoms with Gasteiger partial charge in [0, 0.05) is 0 Å². The zero-order valence-electron chi connectivity index (χ0n) is 13.8. The van der Waals surface area contributed by atoms with Crippen molar-refractivity contribution in [2.75, 3.05) is 0 Å².